The van der Waals surface area contributed by atoms with Crippen LogP contribution >= 0.6 is 11.6 Å². The van der Waals surface area contributed by atoms with Crippen LogP contribution in [0.3, 0.4) is 0 Å². The number of nitrogens with two attached hydrogens (primary N) is 1. The van der Waals surface area contributed by atoms with Crippen LogP contribution in [0.1, 0.15) is 32.2 Å². The molecule has 0 aliphatic rings. The Kier molecular flexibility index (Phi) is 4.17. The summed E-state index contributed by atoms with van der Waals surface area (Å²) in [6, 6.07) is 3.72. The highest BCUT2D eigenvalue weighted by Crippen LogP contribution is 2.27. The van der Waals surface area contributed by atoms with Gasteiger partial charge in [0.2, 0.25) is 11.7 Å². The fraction of sp³-hybridized carbons (Fsp3) is 0.385. The molecule has 0 bridgehead atoms. The van der Waals surface area contributed by atoms with Gasteiger partial charge in [-0.25, -0.2) is 4.39 Å². The van der Waals surface area contributed by atoms with E-state index in [1.807, 2.05) is 0 Å². The summed E-state index contributed by atoms with van der Waals surface area (Å²) in [5, 5.41) is 4.07. The number of hydrogen-bond donors (Lipinski definition) is 1. The predicted molar refractivity (Wildman–Crippen MR) is 71.1 cm³/mol. The zero-order valence-corrected chi connectivity index (χ0v) is 11.5. The molecule has 4 nitrogen and oxygen atoms in total. The van der Waals surface area contributed by atoms with Crippen molar-refractivity contribution in [1.82, 2.24) is 10.1 Å². The van der Waals surface area contributed by atoms with Crippen molar-refractivity contribution in [3.05, 3.63) is 34.9 Å². The lowest BCUT2D eigenvalue weighted by molar-refractivity contribution is 0.335. The van der Waals surface area contributed by atoms with Crippen molar-refractivity contribution in [2.75, 3.05) is 0 Å². The third-order valence-electron chi connectivity index (χ3n) is 2.66. The predicted octanol–water partition coefficient (Wildman–Crippen LogP) is 3.58. The lowest BCUT2D eigenvalue weighted by Gasteiger charge is -2.08. The Morgan fingerprint density at radius 2 is 2.16 bits per heavy atom. The molecule has 0 saturated carbocycles. The molecule has 0 fully saturated rings. The van der Waals surface area contributed by atoms with Gasteiger partial charge in [-0.3, -0.25) is 0 Å². The summed E-state index contributed by atoms with van der Waals surface area (Å²) < 4.78 is 18.1. The summed E-state index contributed by atoms with van der Waals surface area (Å²) in [4.78, 5) is 4.21. The molecule has 2 N–H and O–H groups in total. The van der Waals surface area contributed by atoms with E-state index in [0.29, 0.717) is 23.2 Å². The Hall–Kier alpha value is -1.46. The highest BCUT2D eigenvalue weighted by atomic mass is 35.5. The molecule has 6 heteroatoms. The molecule has 0 amide bonds. The fourth-order valence-corrected chi connectivity index (χ4v) is 2.03. The second-order valence-corrected chi connectivity index (χ2v) is 5.22. The van der Waals surface area contributed by atoms with Crippen molar-refractivity contribution < 1.29 is 8.91 Å². The zero-order chi connectivity index (χ0) is 14.0. The van der Waals surface area contributed by atoms with Gasteiger partial charge in [0, 0.05) is 5.56 Å². The molecule has 0 spiro atoms. The minimum absolute atomic E-state index is 0.241. The Morgan fingerprint density at radius 1 is 1.42 bits per heavy atom. The van der Waals surface area contributed by atoms with E-state index < -0.39 is 5.82 Å². The van der Waals surface area contributed by atoms with Crippen LogP contribution in [0.5, 0.6) is 0 Å². The van der Waals surface area contributed by atoms with Gasteiger partial charge in [0.15, 0.2) is 0 Å². The Morgan fingerprint density at radius 3 is 2.79 bits per heavy atom. The Bertz CT molecular complexity index is 571. The van der Waals surface area contributed by atoms with Crippen LogP contribution in [0.25, 0.3) is 11.4 Å². The molecule has 0 aliphatic carbocycles. The van der Waals surface area contributed by atoms with Crippen LogP contribution in [0.2, 0.25) is 5.02 Å². The van der Waals surface area contributed by atoms with Gasteiger partial charge in [-0.05, 0) is 30.5 Å². The minimum Gasteiger partial charge on any atom is -0.337 e. The number of nitrogens with zero attached hydrogens (tertiary/aromatic N) is 2. The molecule has 0 unspecified atom stereocenters. The molecular formula is C13H15ClFN3O. The highest BCUT2D eigenvalue weighted by molar-refractivity contribution is 6.33. The summed E-state index contributed by atoms with van der Waals surface area (Å²) in [6.45, 7) is 4.13. The normalized spacial score (nSPS) is 12.9. The van der Waals surface area contributed by atoms with Crippen LogP contribution in [-0.4, -0.2) is 10.1 Å². The van der Waals surface area contributed by atoms with Gasteiger partial charge in [-0.2, -0.15) is 4.98 Å². The third-order valence-corrected chi connectivity index (χ3v) is 2.97. The van der Waals surface area contributed by atoms with Crippen molar-refractivity contribution in [3.63, 3.8) is 0 Å². The quantitative estimate of drug-likeness (QED) is 0.931. The van der Waals surface area contributed by atoms with Crippen molar-refractivity contribution >= 4 is 11.6 Å². The molecule has 19 heavy (non-hydrogen) atoms. The maximum atomic E-state index is 13.0. The highest BCUT2D eigenvalue weighted by Gasteiger charge is 2.18. The van der Waals surface area contributed by atoms with E-state index in [2.05, 4.69) is 24.0 Å². The number of rotatable bonds is 4. The standard InChI is InChI=1S/C13H15ClFN3O/c1-7(2)5-11(16)13-17-12(18-19-13)9-4-3-8(15)6-10(9)14/h3-4,6-7,11H,5,16H2,1-2H3/t11-/m0/s1. The monoisotopic (exact) mass is 283 g/mol. The van der Waals surface area contributed by atoms with Crippen molar-refractivity contribution in [2.45, 2.75) is 26.3 Å². The summed E-state index contributed by atoms with van der Waals surface area (Å²) in [5.74, 6) is 0.706. The van der Waals surface area contributed by atoms with Crippen LogP contribution < -0.4 is 5.73 Å². The molecule has 0 aliphatic heterocycles. The summed E-state index contributed by atoms with van der Waals surface area (Å²) in [7, 11) is 0. The first-order valence-electron chi connectivity index (χ1n) is 6.02. The molecular weight excluding hydrogens is 269 g/mol. The van der Waals surface area contributed by atoms with Gasteiger partial charge in [0.25, 0.3) is 0 Å². The van der Waals surface area contributed by atoms with Crippen LogP contribution in [0, 0.1) is 11.7 Å². The molecule has 1 aromatic carbocycles. The molecule has 0 radical (unpaired) electrons. The largest absolute Gasteiger partial charge is 0.337 e. The molecule has 102 valence electrons. The van der Waals surface area contributed by atoms with Gasteiger partial charge in [-0.15, -0.1) is 0 Å². The van der Waals surface area contributed by atoms with E-state index in [1.165, 1.54) is 18.2 Å². The third kappa shape index (κ3) is 3.30. The van der Waals surface area contributed by atoms with Crippen LogP contribution in [0.15, 0.2) is 22.7 Å². The maximum absolute atomic E-state index is 13.0. The Balaban J connectivity index is 2.25. The van der Waals surface area contributed by atoms with Gasteiger partial charge >= 0.3 is 0 Å². The van der Waals surface area contributed by atoms with Gasteiger partial charge in [-0.1, -0.05) is 30.6 Å². The number of hydrogen-bond acceptors (Lipinski definition) is 4. The molecule has 2 rings (SSSR count). The van der Waals surface area contributed by atoms with E-state index in [4.69, 9.17) is 21.9 Å². The molecule has 1 atom stereocenters. The number of benzene rings is 1. The van der Waals surface area contributed by atoms with E-state index in [9.17, 15) is 4.39 Å². The Labute approximate surface area is 115 Å². The fourth-order valence-electron chi connectivity index (χ4n) is 1.77. The van der Waals surface area contributed by atoms with E-state index in [0.717, 1.165) is 6.42 Å². The summed E-state index contributed by atoms with van der Waals surface area (Å²) in [5.41, 5.74) is 6.48. The molecule has 2 aromatic rings. The first-order valence-corrected chi connectivity index (χ1v) is 6.39. The summed E-state index contributed by atoms with van der Waals surface area (Å²) >= 11 is 5.94. The smallest absolute Gasteiger partial charge is 0.243 e. The number of aromatic nitrogens is 2. The lowest BCUT2D eigenvalue weighted by Crippen LogP contribution is -2.13. The molecule has 1 aromatic heterocycles. The first kappa shape index (κ1) is 14.0. The molecule has 1 heterocycles. The molecule has 0 saturated heterocycles. The van der Waals surface area contributed by atoms with E-state index in [-0.39, 0.29) is 11.1 Å². The lowest BCUT2D eigenvalue weighted by atomic mass is 10.0. The van der Waals surface area contributed by atoms with E-state index >= 15 is 0 Å². The van der Waals surface area contributed by atoms with Gasteiger partial charge < -0.3 is 10.3 Å². The summed E-state index contributed by atoms with van der Waals surface area (Å²) in [6.07, 6.45) is 0.749. The van der Waals surface area contributed by atoms with Crippen LogP contribution in [0.4, 0.5) is 4.39 Å². The van der Waals surface area contributed by atoms with Gasteiger partial charge in [0.1, 0.15) is 5.82 Å². The SMILES string of the molecule is CC(C)C[C@H](N)c1nc(-c2ccc(F)cc2Cl)no1. The van der Waals surface area contributed by atoms with Crippen molar-refractivity contribution in [3.8, 4) is 11.4 Å². The number of halogens is 2. The van der Waals surface area contributed by atoms with Gasteiger partial charge in [0.05, 0.1) is 11.1 Å². The van der Waals surface area contributed by atoms with E-state index in [1.54, 1.807) is 0 Å². The topological polar surface area (TPSA) is 64.9 Å². The average molecular weight is 284 g/mol. The first-order chi connectivity index (χ1) is 8.97. The zero-order valence-electron chi connectivity index (χ0n) is 10.7. The van der Waals surface area contributed by atoms with Crippen molar-refractivity contribution in [2.24, 2.45) is 11.7 Å². The minimum atomic E-state index is -0.408. The van der Waals surface area contributed by atoms with Crippen molar-refractivity contribution in [1.29, 1.82) is 0 Å². The second kappa shape index (κ2) is 5.67. The maximum Gasteiger partial charge on any atom is 0.243 e. The second-order valence-electron chi connectivity index (χ2n) is 4.82. The van der Waals surface area contributed by atoms with Crippen LogP contribution in [-0.2, 0) is 0 Å². The average Bonchev–Trinajstić information content (AvgIpc) is 2.77.